The van der Waals surface area contributed by atoms with Crippen LogP contribution in [-0.2, 0) is 5.41 Å². The molecule has 4 aliphatic rings. The third-order valence-corrected chi connectivity index (χ3v) is 12.4. The Kier molecular flexibility index (Phi) is 5.19. The molecule has 0 aliphatic heterocycles. The first-order chi connectivity index (χ1) is 25.1. The van der Waals surface area contributed by atoms with Crippen LogP contribution in [0.5, 0.6) is 0 Å². The Morgan fingerprint density at radius 2 is 1.29 bits per heavy atom. The van der Waals surface area contributed by atoms with Crippen LogP contribution in [0.15, 0.2) is 156 Å². The van der Waals surface area contributed by atoms with Crippen molar-refractivity contribution in [1.82, 2.24) is 4.57 Å². The third kappa shape index (κ3) is 3.47. The van der Waals surface area contributed by atoms with Gasteiger partial charge < -0.3 is 8.98 Å². The van der Waals surface area contributed by atoms with Crippen LogP contribution >= 0.6 is 0 Å². The van der Waals surface area contributed by atoms with Gasteiger partial charge in [0.25, 0.3) is 0 Å². The second-order valence-electron chi connectivity index (χ2n) is 15.2. The zero-order valence-corrected chi connectivity index (χ0v) is 28.4. The van der Waals surface area contributed by atoms with E-state index in [4.69, 9.17) is 4.42 Å². The number of rotatable bonds is 2. The van der Waals surface area contributed by atoms with Crippen molar-refractivity contribution < 1.29 is 4.42 Å². The van der Waals surface area contributed by atoms with Crippen molar-refractivity contribution in [2.24, 2.45) is 11.8 Å². The van der Waals surface area contributed by atoms with Crippen LogP contribution in [0, 0.1) is 11.8 Å². The number of fused-ring (bicyclic) bond motifs is 13. The molecular formula is C49H33NO. The van der Waals surface area contributed by atoms with E-state index in [2.05, 4.69) is 170 Å². The minimum atomic E-state index is -0.156. The highest BCUT2D eigenvalue weighted by Gasteiger charge is 2.41. The molecule has 0 saturated carbocycles. The van der Waals surface area contributed by atoms with Gasteiger partial charge >= 0.3 is 0 Å². The highest BCUT2D eigenvalue weighted by molar-refractivity contribution is 6.17. The van der Waals surface area contributed by atoms with Crippen LogP contribution in [0.2, 0.25) is 0 Å². The summed E-state index contributed by atoms with van der Waals surface area (Å²) in [6, 6.07) is 44.9. The summed E-state index contributed by atoms with van der Waals surface area (Å²) in [6.07, 6.45) is 11.7. The molecule has 2 heterocycles. The Bertz CT molecular complexity index is 2990. The molecule has 51 heavy (non-hydrogen) atoms. The molecule has 0 N–H and O–H groups in total. The maximum absolute atomic E-state index is 6.47. The van der Waals surface area contributed by atoms with Crippen molar-refractivity contribution in [2.45, 2.75) is 19.3 Å². The van der Waals surface area contributed by atoms with Crippen LogP contribution in [-0.4, -0.2) is 4.57 Å². The van der Waals surface area contributed by atoms with Crippen LogP contribution in [0.25, 0.3) is 77.3 Å². The van der Waals surface area contributed by atoms with Crippen LogP contribution in [0.3, 0.4) is 0 Å². The topological polar surface area (TPSA) is 18.1 Å². The number of para-hydroxylation sites is 2. The molecule has 0 radical (unpaired) electrons. The first kappa shape index (κ1) is 27.7. The number of furan rings is 1. The van der Waals surface area contributed by atoms with E-state index in [0.717, 1.165) is 11.2 Å². The Balaban J connectivity index is 1.05. The van der Waals surface area contributed by atoms with E-state index in [0.29, 0.717) is 11.8 Å². The first-order valence-electron chi connectivity index (χ1n) is 18.1. The lowest BCUT2D eigenvalue weighted by atomic mass is 9.72. The molecule has 12 rings (SSSR count). The number of aromatic nitrogens is 1. The molecule has 0 fully saturated rings. The lowest BCUT2D eigenvalue weighted by Gasteiger charge is -2.31. The van der Waals surface area contributed by atoms with Gasteiger partial charge in [-0.15, -0.1) is 0 Å². The fourth-order valence-electron chi connectivity index (χ4n) is 10.1. The SMILES string of the molecule is CC1(C)c2cc3c(cc2-c2c1ccc1c4ccccc4n(-c4ccc(C5=CC=C6c7ccccc7C7=CC=CC5C76)cc4)c21)oc1ccccc13. The molecule has 2 aromatic heterocycles. The summed E-state index contributed by atoms with van der Waals surface area (Å²) in [5.41, 5.74) is 19.1. The lowest BCUT2D eigenvalue weighted by molar-refractivity contribution is 0.658. The van der Waals surface area contributed by atoms with Gasteiger partial charge in [0.1, 0.15) is 11.2 Å². The molecule has 240 valence electrons. The fourth-order valence-corrected chi connectivity index (χ4v) is 10.1. The molecule has 2 heteroatoms. The van der Waals surface area contributed by atoms with E-state index < -0.39 is 0 Å². The summed E-state index contributed by atoms with van der Waals surface area (Å²) in [5.74, 6) is 0.710. The van der Waals surface area contributed by atoms with Gasteiger partial charge in [0.15, 0.2) is 0 Å². The van der Waals surface area contributed by atoms with Gasteiger partial charge in [-0.1, -0.05) is 129 Å². The normalized spacial score (nSPS) is 19.2. The summed E-state index contributed by atoms with van der Waals surface area (Å²) in [6.45, 7) is 4.75. The van der Waals surface area contributed by atoms with Crippen molar-refractivity contribution in [3.05, 3.63) is 180 Å². The number of allylic oxidation sites excluding steroid dienone is 8. The Morgan fingerprint density at radius 3 is 2.14 bits per heavy atom. The Morgan fingerprint density at radius 1 is 0.569 bits per heavy atom. The smallest absolute Gasteiger partial charge is 0.136 e. The van der Waals surface area contributed by atoms with Gasteiger partial charge in [-0.2, -0.15) is 0 Å². The molecule has 6 aromatic carbocycles. The van der Waals surface area contributed by atoms with E-state index >= 15 is 0 Å². The van der Waals surface area contributed by atoms with E-state index in [-0.39, 0.29) is 5.41 Å². The standard InChI is InChI=1S/C49H33NO/c1-49(2)41-25-24-38-33-12-5-7-16-43(33)50(48(38)47(41)40-27-45-39(26-42(40)49)34-13-6-8-17-44(34)51-45)29-20-18-28(19-21-29)30-22-23-37-32-11-4-3-10-31(32)36-15-9-14-35(30)46(36)37/h3-27,35,46H,1-2H3. The molecule has 0 bridgehead atoms. The predicted octanol–water partition coefficient (Wildman–Crippen LogP) is 12.7. The van der Waals surface area contributed by atoms with Crippen LogP contribution in [0.1, 0.15) is 41.7 Å². The van der Waals surface area contributed by atoms with Crippen LogP contribution in [0.4, 0.5) is 0 Å². The highest BCUT2D eigenvalue weighted by atomic mass is 16.3. The summed E-state index contributed by atoms with van der Waals surface area (Å²) in [4.78, 5) is 0. The zero-order valence-electron chi connectivity index (χ0n) is 28.4. The highest BCUT2D eigenvalue weighted by Crippen LogP contribution is 2.57. The van der Waals surface area contributed by atoms with Gasteiger partial charge in [-0.3, -0.25) is 0 Å². The first-order valence-corrected chi connectivity index (χ1v) is 18.1. The number of nitrogens with zero attached hydrogens (tertiary/aromatic N) is 1. The zero-order chi connectivity index (χ0) is 33.6. The van der Waals surface area contributed by atoms with Crippen molar-refractivity contribution in [2.75, 3.05) is 0 Å². The number of hydrogen-bond donors (Lipinski definition) is 0. The molecule has 0 saturated heterocycles. The Labute approximate surface area is 296 Å². The second-order valence-corrected chi connectivity index (χ2v) is 15.2. The van der Waals surface area contributed by atoms with Crippen LogP contribution < -0.4 is 0 Å². The number of benzene rings is 6. The average Bonchev–Trinajstić information content (AvgIpc) is 3.87. The monoisotopic (exact) mass is 651 g/mol. The summed E-state index contributed by atoms with van der Waals surface area (Å²) in [7, 11) is 0. The predicted molar refractivity (Wildman–Crippen MR) is 212 cm³/mol. The van der Waals surface area contributed by atoms with Crippen molar-refractivity contribution >= 4 is 60.5 Å². The molecule has 2 nitrogen and oxygen atoms in total. The lowest BCUT2D eigenvalue weighted by Crippen LogP contribution is -2.18. The second kappa shape index (κ2) is 9.56. The molecule has 8 aromatic rings. The van der Waals surface area contributed by atoms with E-state index in [1.54, 1.807) is 0 Å². The summed E-state index contributed by atoms with van der Waals surface area (Å²) in [5, 5.41) is 4.92. The molecule has 2 atom stereocenters. The maximum atomic E-state index is 6.47. The van der Waals surface area contributed by atoms with Gasteiger partial charge in [-0.25, -0.2) is 0 Å². The van der Waals surface area contributed by atoms with E-state index in [9.17, 15) is 0 Å². The number of hydrogen-bond acceptors (Lipinski definition) is 1. The molecular weight excluding hydrogens is 619 g/mol. The molecule has 4 aliphatic carbocycles. The Hall–Kier alpha value is -6.12. The van der Waals surface area contributed by atoms with Gasteiger partial charge in [-0.05, 0) is 86.5 Å². The van der Waals surface area contributed by atoms with Crippen molar-refractivity contribution in [3.8, 4) is 16.8 Å². The fraction of sp³-hybridized carbons (Fsp3) is 0.102. The third-order valence-electron chi connectivity index (χ3n) is 12.4. The summed E-state index contributed by atoms with van der Waals surface area (Å²) >= 11 is 0. The van der Waals surface area contributed by atoms with E-state index in [1.165, 1.54) is 93.9 Å². The maximum Gasteiger partial charge on any atom is 0.136 e. The molecule has 2 unspecified atom stereocenters. The minimum absolute atomic E-state index is 0.156. The van der Waals surface area contributed by atoms with Crippen molar-refractivity contribution in [3.63, 3.8) is 0 Å². The van der Waals surface area contributed by atoms with Gasteiger partial charge in [0.05, 0.1) is 11.0 Å². The average molecular weight is 652 g/mol. The minimum Gasteiger partial charge on any atom is -0.456 e. The van der Waals surface area contributed by atoms with Gasteiger partial charge in [0, 0.05) is 50.0 Å². The molecule has 0 amide bonds. The molecule has 0 spiro atoms. The van der Waals surface area contributed by atoms with Crippen molar-refractivity contribution in [1.29, 1.82) is 0 Å². The quantitative estimate of drug-likeness (QED) is 0.182. The largest absolute Gasteiger partial charge is 0.456 e. The van der Waals surface area contributed by atoms with E-state index in [1.807, 2.05) is 0 Å². The summed E-state index contributed by atoms with van der Waals surface area (Å²) < 4.78 is 8.97. The van der Waals surface area contributed by atoms with Gasteiger partial charge in [0.2, 0.25) is 0 Å².